The van der Waals surface area contributed by atoms with Gasteiger partial charge in [0.15, 0.2) is 0 Å². The summed E-state index contributed by atoms with van der Waals surface area (Å²) < 4.78 is 2.42. The number of rotatable bonds is 8. The highest BCUT2D eigenvalue weighted by molar-refractivity contribution is 6.10. The Morgan fingerprint density at radius 2 is 0.881 bits per heavy atom. The van der Waals surface area contributed by atoms with E-state index in [2.05, 4.69) is 254 Å². The van der Waals surface area contributed by atoms with Crippen molar-refractivity contribution in [2.45, 2.75) is 32.1 Å². The molecule has 2 heteroatoms. The second kappa shape index (κ2) is 15.5. The van der Waals surface area contributed by atoms with Gasteiger partial charge in [-0.3, -0.25) is 0 Å². The summed E-state index contributed by atoms with van der Waals surface area (Å²) >= 11 is 0. The monoisotopic (exact) mass is 856 g/mol. The summed E-state index contributed by atoms with van der Waals surface area (Å²) in [4.78, 5) is 2.46. The van der Waals surface area contributed by atoms with E-state index >= 15 is 0 Å². The zero-order chi connectivity index (χ0) is 44.6. The molecule has 0 saturated heterocycles. The Morgan fingerprint density at radius 1 is 0.358 bits per heavy atom. The van der Waals surface area contributed by atoms with E-state index in [-0.39, 0.29) is 5.41 Å². The van der Waals surface area contributed by atoms with Gasteiger partial charge in [0.25, 0.3) is 0 Å². The maximum atomic E-state index is 2.46. The van der Waals surface area contributed by atoms with Gasteiger partial charge in [-0.25, -0.2) is 0 Å². The standard InChI is InChI=1S/C65H48N2/c1-3-43-19-8-9-22-50(43)51-39-37-48(41-44(51)4-2)66(49-38-40-56-55-25-13-17-32-62(55)67(63(56)42-49)46-20-6-5-7-21-46)47-35-33-45(34-36-47)52-27-18-31-61-64(52)57-26-12-16-30-60(57)65(61)58-28-14-10-23-53(58)54-24-11-15-29-59(54)65/h5-42H,3-4H2,1-2H3. The largest absolute Gasteiger partial charge is 0.310 e. The van der Waals surface area contributed by atoms with Gasteiger partial charge in [-0.1, -0.05) is 190 Å². The number of hydrogen-bond donors (Lipinski definition) is 0. The molecule has 0 aliphatic heterocycles. The number of para-hydroxylation sites is 2. The predicted octanol–water partition coefficient (Wildman–Crippen LogP) is 17.1. The molecule has 13 rings (SSSR count). The van der Waals surface area contributed by atoms with E-state index in [9.17, 15) is 0 Å². The Balaban J connectivity index is 0.994. The molecule has 1 spiro atoms. The summed E-state index contributed by atoms with van der Waals surface area (Å²) in [5.74, 6) is 0. The van der Waals surface area contributed by atoms with Crippen LogP contribution in [-0.4, -0.2) is 4.57 Å². The minimum absolute atomic E-state index is 0.381. The molecule has 0 fully saturated rings. The molecule has 0 saturated carbocycles. The Kier molecular flexibility index (Phi) is 9.05. The van der Waals surface area contributed by atoms with Crippen LogP contribution < -0.4 is 4.90 Å². The van der Waals surface area contributed by atoms with Gasteiger partial charge in [-0.15, -0.1) is 0 Å². The number of aryl methyl sites for hydroxylation is 2. The molecular weight excluding hydrogens is 809 g/mol. The smallest absolute Gasteiger partial charge is 0.0725 e. The molecule has 11 aromatic rings. The van der Waals surface area contributed by atoms with Crippen LogP contribution in [0.5, 0.6) is 0 Å². The summed E-state index contributed by atoms with van der Waals surface area (Å²) in [6.45, 7) is 4.53. The highest BCUT2D eigenvalue weighted by atomic mass is 15.1. The van der Waals surface area contributed by atoms with Crippen LogP contribution in [0.1, 0.15) is 47.2 Å². The predicted molar refractivity (Wildman–Crippen MR) is 281 cm³/mol. The van der Waals surface area contributed by atoms with Crippen LogP contribution in [0.3, 0.4) is 0 Å². The number of anilines is 3. The van der Waals surface area contributed by atoms with E-state index in [1.807, 2.05) is 0 Å². The van der Waals surface area contributed by atoms with E-state index < -0.39 is 0 Å². The van der Waals surface area contributed by atoms with Crippen LogP contribution in [-0.2, 0) is 18.3 Å². The van der Waals surface area contributed by atoms with E-state index in [0.717, 1.165) is 35.6 Å². The number of benzene rings is 10. The Bertz CT molecular complexity index is 3680. The molecule has 1 heterocycles. The van der Waals surface area contributed by atoms with Gasteiger partial charge >= 0.3 is 0 Å². The van der Waals surface area contributed by atoms with Crippen molar-refractivity contribution in [1.29, 1.82) is 0 Å². The fraction of sp³-hybridized carbons (Fsp3) is 0.0769. The molecule has 2 aliphatic carbocycles. The third kappa shape index (κ3) is 5.76. The maximum absolute atomic E-state index is 2.46. The van der Waals surface area contributed by atoms with Crippen molar-refractivity contribution < 1.29 is 0 Å². The lowest BCUT2D eigenvalue weighted by atomic mass is 9.70. The highest BCUT2D eigenvalue weighted by Gasteiger charge is 2.52. The third-order valence-electron chi connectivity index (χ3n) is 14.8. The quantitative estimate of drug-likeness (QED) is 0.148. The first-order valence-corrected chi connectivity index (χ1v) is 23.8. The van der Waals surface area contributed by atoms with Gasteiger partial charge in [0.1, 0.15) is 0 Å². The van der Waals surface area contributed by atoms with E-state index in [4.69, 9.17) is 0 Å². The van der Waals surface area contributed by atoms with Crippen LogP contribution in [0.2, 0.25) is 0 Å². The number of fused-ring (bicyclic) bond motifs is 13. The summed E-state index contributed by atoms with van der Waals surface area (Å²) in [6.07, 6.45) is 1.92. The van der Waals surface area contributed by atoms with Crippen LogP contribution in [0, 0.1) is 0 Å². The van der Waals surface area contributed by atoms with Gasteiger partial charge in [0.2, 0.25) is 0 Å². The van der Waals surface area contributed by atoms with Gasteiger partial charge in [-0.2, -0.15) is 0 Å². The van der Waals surface area contributed by atoms with Crippen LogP contribution >= 0.6 is 0 Å². The van der Waals surface area contributed by atoms with Crippen molar-refractivity contribution in [2.75, 3.05) is 4.90 Å². The lowest BCUT2D eigenvalue weighted by molar-refractivity contribution is 0.794. The minimum atomic E-state index is -0.381. The van der Waals surface area contributed by atoms with E-state index in [1.165, 1.54) is 99.7 Å². The Labute approximate surface area is 392 Å². The lowest BCUT2D eigenvalue weighted by Crippen LogP contribution is -2.25. The van der Waals surface area contributed by atoms with E-state index in [1.54, 1.807) is 0 Å². The number of nitrogens with zero attached hydrogens (tertiary/aromatic N) is 2. The van der Waals surface area contributed by atoms with Crippen LogP contribution in [0.15, 0.2) is 231 Å². The second-order valence-corrected chi connectivity index (χ2v) is 18.1. The minimum Gasteiger partial charge on any atom is -0.310 e. The summed E-state index contributed by atoms with van der Waals surface area (Å²) in [6, 6.07) is 86.1. The van der Waals surface area contributed by atoms with Crippen molar-refractivity contribution in [3.63, 3.8) is 0 Å². The molecule has 1 aromatic heterocycles. The average molecular weight is 857 g/mol. The normalized spacial score (nSPS) is 12.9. The maximum Gasteiger partial charge on any atom is 0.0725 e. The van der Waals surface area contributed by atoms with Gasteiger partial charge < -0.3 is 9.47 Å². The van der Waals surface area contributed by atoms with Crippen LogP contribution in [0.25, 0.3) is 72.0 Å². The second-order valence-electron chi connectivity index (χ2n) is 18.1. The van der Waals surface area contributed by atoms with Crippen molar-refractivity contribution in [2.24, 2.45) is 0 Å². The molecule has 0 atom stereocenters. The summed E-state index contributed by atoms with van der Waals surface area (Å²) in [5, 5.41) is 2.49. The summed E-state index contributed by atoms with van der Waals surface area (Å²) in [7, 11) is 0. The topological polar surface area (TPSA) is 8.17 Å². The van der Waals surface area contributed by atoms with Gasteiger partial charge in [0.05, 0.1) is 16.4 Å². The van der Waals surface area contributed by atoms with Crippen LogP contribution in [0.4, 0.5) is 17.1 Å². The zero-order valence-corrected chi connectivity index (χ0v) is 37.7. The molecule has 2 aliphatic rings. The molecular formula is C65H48N2. The first-order chi connectivity index (χ1) is 33.2. The molecule has 0 N–H and O–H groups in total. The third-order valence-corrected chi connectivity index (χ3v) is 14.8. The van der Waals surface area contributed by atoms with Crippen molar-refractivity contribution in [3.8, 4) is 50.2 Å². The zero-order valence-electron chi connectivity index (χ0n) is 37.7. The lowest BCUT2D eigenvalue weighted by Gasteiger charge is -2.30. The van der Waals surface area contributed by atoms with Gasteiger partial charge in [0, 0.05) is 33.5 Å². The molecule has 0 bridgehead atoms. The first kappa shape index (κ1) is 39.2. The average Bonchev–Trinajstić information content (AvgIpc) is 4.01. The first-order valence-electron chi connectivity index (χ1n) is 23.8. The molecule has 10 aromatic carbocycles. The number of aromatic nitrogens is 1. The Hall–Kier alpha value is -8.20. The van der Waals surface area contributed by atoms with E-state index in [0.29, 0.717) is 0 Å². The fourth-order valence-corrected chi connectivity index (χ4v) is 11.9. The Morgan fingerprint density at radius 3 is 1.61 bits per heavy atom. The molecule has 67 heavy (non-hydrogen) atoms. The van der Waals surface area contributed by atoms with Crippen molar-refractivity contribution in [1.82, 2.24) is 4.57 Å². The molecule has 0 radical (unpaired) electrons. The SMILES string of the molecule is CCc1ccccc1-c1ccc(N(c2ccc(-c3cccc4c3-c3ccccc3C43c4ccccc4-c4ccccc43)cc2)c2ccc3c4ccccc4n(-c4ccccc4)c3c2)cc1CC. The molecule has 0 unspecified atom stereocenters. The fourth-order valence-electron chi connectivity index (χ4n) is 11.9. The van der Waals surface area contributed by atoms with Crippen molar-refractivity contribution >= 4 is 38.9 Å². The molecule has 0 amide bonds. The molecule has 318 valence electrons. The van der Waals surface area contributed by atoms with Crippen molar-refractivity contribution in [3.05, 3.63) is 264 Å². The summed E-state index contributed by atoms with van der Waals surface area (Å²) in [5.41, 5.74) is 25.0. The molecule has 2 nitrogen and oxygen atoms in total. The van der Waals surface area contributed by atoms with Gasteiger partial charge in [-0.05, 0) is 145 Å². The number of hydrogen-bond acceptors (Lipinski definition) is 1. The highest BCUT2D eigenvalue weighted by Crippen LogP contribution is 2.64.